The number of likely N-dealkylation sites (tertiary alicyclic amines) is 1. The van der Waals surface area contributed by atoms with Crippen LogP contribution < -0.4 is 5.73 Å². The number of nitrogens with zero attached hydrogens (tertiary/aromatic N) is 3. The number of hydrogen-bond donors (Lipinski definition) is 1. The zero-order chi connectivity index (χ0) is 13.8. The van der Waals surface area contributed by atoms with Gasteiger partial charge in [0.1, 0.15) is 0 Å². The van der Waals surface area contributed by atoms with Crippen LogP contribution in [0.4, 0.5) is 0 Å². The third-order valence-corrected chi connectivity index (χ3v) is 4.66. The van der Waals surface area contributed by atoms with Crippen LogP contribution >= 0.6 is 36.2 Å². The Morgan fingerprint density at radius 3 is 2.50 bits per heavy atom. The van der Waals surface area contributed by atoms with Crippen molar-refractivity contribution in [1.82, 2.24) is 15.0 Å². The molecule has 3 rings (SSSR count). The fourth-order valence-corrected chi connectivity index (χ4v) is 3.50. The van der Waals surface area contributed by atoms with Crippen LogP contribution in [0.25, 0.3) is 10.8 Å². The fraction of sp³-hybridized carbons (Fsp3) is 0.571. The molecule has 5 nitrogen and oxygen atoms in total. The third-order valence-electron chi connectivity index (χ3n) is 3.60. The van der Waals surface area contributed by atoms with Gasteiger partial charge in [0.05, 0.1) is 11.4 Å². The average Bonchev–Trinajstić information content (AvgIpc) is 3.04. The molecule has 8 heteroatoms. The predicted molar refractivity (Wildman–Crippen MR) is 93.7 cm³/mol. The highest BCUT2D eigenvalue weighted by Crippen LogP contribution is 2.28. The zero-order valence-corrected chi connectivity index (χ0v) is 14.8. The van der Waals surface area contributed by atoms with Crippen LogP contribution in [-0.4, -0.2) is 28.1 Å². The van der Waals surface area contributed by atoms with Crippen molar-refractivity contribution in [3.05, 3.63) is 22.8 Å². The first-order valence-corrected chi connectivity index (χ1v) is 8.01. The monoisotopic (exact) mass is 364 g/mol. The zero-order valence-electron chi connectivity index (χ0n) is 12.4. The summed E-state index contributed by atoms with van der Waals surface area (Å²) in [6.45, 7) is 3.77. The first-order valence-electron chi connectivity index (χ1n) is 7.19. The van der Waals surface area contributed by atoms with E-state index in [2.05, 4.69) is 27.2 Å². The van der Waals surface area contributed by atoms with Crippen molar-refractivity contribution in [1.29, 1.82) is 0 Å². The number of nitrogens with two attached hydrogens (primary N) is 1. The van der Waals surface area contributed by atoms with Crippen LogP contribution in [0.1, 0.15) is 36.4 Å². The quantitative estimate of drug-likeness (QED) is 0.899. The molecule has 1 aliphatic heterocycles. The number of aromatic nitrogens is 2. The molecule has 0 bridgehead atoms. The van der Waals surface area contributed by atoms with Crippen molar-refractivity contribution in [3.8, 4) is 10.8 Å². The minimum atomic E-state index is 0. The molecule has 0 atom stereocenters. The van der Waals surface area contributed by atoms with Gasteiger partial charge in [-0.05, 0) is 38.1 Å². The predicted octanol–water partition coefficient (Wildman–Crippen LogP) is 3.48. The van der Waals surface area contributed by atoms with Crippen molar-refractivity contribution in [2.75, 3.05) is 13.1 Å². The molecule has 22 heavy (non-hydrogen) atoms. The Morgan fingerprint density at radius 1 is 1.14 bits per heavy atom. The van der Waals surface area contributed by atoms with E-state index in [9.17, 15) is 0 Å². The molecule has 2 N–H and O–H groups in total. The van der Waals surface area contributed by atoms with E-state index in [1.54, 1.807) is 11.3 Å². The van der Waals surface area contributed by atoms with Crippen LogP contribution in [0, 0.1) is 0 Å². The van der Waals surface area contributed by atoms with Crippen LogP contribution in [0.3, 0.4) is 0 Å². The number of hydrogen-bond acceptors (Lipinski definition) is 6. The van der Waals surface area contributed by atoms with E-state index in [0.29, 0.717) is 18.3 Å². The minimum absolute atomic E-state index is 0. The Hall–Kier alpha value is -0.660. The molecule has 0 saturated carbocycles. The van der Waals surface area contributed by atoms with Crippen LogP contribution in [-0.2, 0) is 13.1 Å². The van der Waals surface area contributed by atoms with Gasteiger partial charge in [-0.3, -0.25) is 4.90 Å². The first kappa shape index (κ1) is 19.4. The maximum atomic E-state index is 5.50. The number of halogens is 2. The van der Waals surface area contributed by atoms with Gasteiger partial charge in [-0.15, -0.1) is 36.2 Å². The second-order valence-corrected chi connectivity index (χ2v) is 6.34. The number of rotatable bonds is 4. The summed E-state index contributed by atoms with van der Waals surface area (Å²) in [4.78, 5) is 9.20. The molecule has 0 unspecified atom stereocenters. The van der Waals surface area contributed by atoms with E-state index in [-0.39, 0.29) is 24.8 Å². The van der Waals surface area contributed by atoms with E-state index in [0.717, 1.165) is 11.4 Å². The van der Waals surface area contributed by atoms with E-state index in [1.807, 2.05) is 0 Å². The van der Waals surface area contributed by atoms with E-state index < -0.39 is 0 Å². The summed E-state index contributed by atoms with van der Waals surface area (Å²) in [7, 11) is 0. The summed E-state index contributed by atoms with van der Waals surface area (Å²) in [5.41, 5.74) is 5.50. The van der Waals surface area contributed by atoms with E-state index in [1.165, 1.54) is 43.6 Å². The Bertz CT molecular complexity index is 553. The summed E-state index contributed by atoms with van der Waals surface area (Å²) in [5, 5.41) is 3.83. The third kappa shape index (κ3) is 4.93. The molecule has 0 aliphatic carbocycles. The second kappa shape index (κ2) is 9.47. The van der Waals surface area contributed by atoms with E-state index in [4.69, 9.17) is 10.3 Å². The Morgan fingerprint density at radius 2 is 1.86 bits per heavy atom. The highest BCUT2D eigenvalue weighted by atomic mass is 35.5. The summed E-state index contributed by atoms with van der Waals surface area (Å²) < 4.78 is 5.22. The molecule has 3 heterocycles. The largest absolute Gasteiger partial charge is 0.333 e. The molecule has 1 fully saturated rings. The topological polar surface area (TPSA) is 68.2 Å². The SMILES string of the molecule is Cl.Cl.NCc1noc(-c2ccc(CN3CCCCCC3)s2)n1. The van der Waals surface area contributed by atoms with E-state index >= 15 is 0 Å². The smallest absolute Gasteiger partial charge is 0.268 e. The minimum Gasteiger partial charge on any atom is -0.333 e. The lowest BCUT2D eigenvalue weighted by atomic mass is 10.2. The van der Waals surface area contributed by atoms with Crippen LogP contribution in [0.5, 0.6) is 0 Å². The fourth-order valence-electron chi connectivity index (χ4n) is 2.53. The molecule has 2 aromatic rings. The Labute approximate surface area is 147 Å². The van der Waals surface area contributed by atoms with Gasteiger partial charge in [0.25, 0.3) is 5.89 Å². The molecule has 2 aromatic heterocycles. The van der Waals surface area contributed by atoms with Crippen molar-refractivity contribution in [3.63, 3.8) is 0 Å². The first-order chi connectivity index (χ1) is 9.85. The van der Waals surface area contributed by atoms with Gasteiger partial charge in [-0.1, -0.05) is 18.0 Å². The summed E-state index contributed by atoms with van der Waals surface area (Å²) >= 11 is 1.73. The van der Waals surface area contributed by atoms with Crippen molar-refractivity contribution in [2.24, 2.45) is 5.73 Å². The van der Waals surface area contributed by atoms with Crippen molar-refractivity contribution in [2.45, 2.75) is 38.8 Å². The van der Waals surface area contributed by atoms with Gasteiger partial charge >= 0.3 is 0 Å². The molecular weight excluding hydrogens is 343 g/mol. The van der Waals surface area contributed by atoms with Crippen molar-refractivity contribution >= 4 is 36.2 Å². The standard InChI is InChI=1S/C14H20N4OS.2ClH/c15-9-13-16-14(19-17-13)12-6-5-11(20-12)10-18-7-3-1-2-4-8-18;;/h5-6H,1-4,7-10,15H2;2*1H. The van der Waals surface area contributed by atoms with Gasteiger partial charge in [0.15, 0.2) is 5.82 Å². The molecule has 124 valence electrons. The average molecular weight is 365 g/mol. The molecule has 1 aliphatic rings. The molecule has 0 aromatic carbocycles. The van der Waals surface area contributed by atoms with Gasteiger partial charge in [0.2, 0.25) is 0 Å². The summed E-state index contributed by atoms with van der Waals surface area (Å²) in [6.07, 6.45) is 5.38. The highest BCUT2D eigenvalue weighted by Gasteiger charge is 2.14. The lowest BCUT2D eigenvalue weighted by Gasteiger charge is -2.18. The number of thiophene rings is 1. The summed E-state index contributed by atoms with van der Waals surface area (Å²) in [6, 6.07) is 4.23. The van der Waals surface area contributed by atoms with Crippen LogP contribution in [0.2, 0.25) is 0 Å². The van der Waals surface area contributed by atoms with Crippen molar-refractivity contribution < 1.29 is 4.52 Å². The Balaban J connectivity index is 0.00000121. The second-order valence-electron chi connectivity index (χ2n) is 5.18. The maximum absolute atomic E-state index is 5.50. The maximum Gasteiger partial charge on any atom is 0.268 e. The molecule has 0 spiro atoms. The van der Waals surface area contributed by atoms with Gasteiger partial charge in [-0.25, -0.2) is 0 Å². The van der Waals surface area contributed by atoms with Gasteiger partial charge < -0.3 is 10.3 Å². The summed E-state index contributed by atoms with van der Waals surface area (Å²) in [5.74, 6) is 1.14. The molecule has 0 amide bonds. The molecule has 1 saturated heterocycles. The van der Waals surface area contributed by atoms with Gasteiger partial charge in [-0.2, -0.15) is 4.98 Å². The highest BCUT2D eigenvalue weighted by molar-refractivity contribution is 7.15. The molecule has 0 radical (unpaired) electrons. The van der Waals surface area contributed by atoms with Gasteiger partial charge in [0, 0.05) is 11.4 Å². The van der Waals surface area contributed by atoms with Crippen LogP contribution in [0.15, 0.2) is 16.7 Å². The normalized spacial score (nSPS) is 15.7. The molecular formula is C14H22Cl2N4OS. The lowest BCUT2D eigenvalue weighted by Crippen LogP contribution is -2.23. The lowest BCUT2D eigenvalue weighted by molar-refractivity contribution is 0.279. The Kier molecular flexibility index (Phi) is 8.35.